The van der Waals surface area contributed by atoms with Gasteiger partial charge in [0.05, 0.1) is 22.7 Å². The number of hydrogen-bond donors (Lipinski definition) is 0. The van der Waals surface area contributed by atoms with Gasteiger partial charge < -0.3 is 19.6 Å². The largest absolute Gasteiger partial charge is 0.310 e. The van der Waals surface area contributed by atoms with Crippen molar-refractivity contribution in [2.24, 2.45) is 0 Å². The van der Waals surface area contributed by atoms with Gasteiger partial charge in [-0.1, -0.05) is 297 Å². The first-order valence-electron chi connectivity index (χ1n) is 37.1. The molecule has 0 amide bonds. The van der Waals surface area contributed by atoms with Crippen molar-refractivity contribution in [3.8, 4) is 33.4 Å². The monoisotopic (exact) mass is 1370 g/mol. The quantitative estimate of drug-likeness (QED) is 0.0949. The lowest BCUT2D eigenvalue weighted by Gasteiger charge is -2.30. The normalized spacial score (nSPS) is 11.5. The van der Waals surface area contributed by atoms with E-state index in [1.165, 1.54) is 81.1 Å². The third-order valence-corrected chi connectivity index (χ3v) is 21.6. The average molecular weight is 1380 g/mol. The minimum atomic E-state index is 1.06. The molecule has 0 saturated carbocycles. The predicted molar refractivity (Wildman–Crippen MR) is 462 cm³/mol. The van der Waals surface area contributed by atoms with Crippen LogP contribution in [-0.2, 0) is 0 Å². The van der Waals surface area contributed by atoms with Crippen molar-refractivity contribution in [1.29, 1.82) is 0 Å². The highest BCUT2D eigenvalue weighted by Gasteiger charge is 2.26. The lowest BCUT2D eigenvalue weighted by Crippen LogP contribution is -2.12. The van der Waals surface area contributed by atoms with Crippen LogP contribution in [0.25, 0.3) is 120 Å². The molecule has 0 saturated heterocycles. The SMILES string of the molecule is c1ccc(-c2cccc(N(c3ccccc3)c3cc4c5ccccc5c(N(c5ccccc5)c5cccc(-c6cccc(-c7cccc(N(c8ccc9ccccc9c8)c8cc9c%10ccccc%10c(N(c%10ccccc%10)c%10ccc%11ccccc%11c%10)cc9c9ccccc89)c7)c6)c5)cc4c4ccccc34)c2)cc1. The van der Waals surface area contributed by atoms with Gasteiger partial charge in [0, 0.05) is 67.0 Å². The van der Waals surface area contributed by atoms with Gasteiger partial charge in [-0.2, -0.15) is 0 Å². The highest BCUT2D eigenvalue weighted by Crippen LogP contribution is 2.52. The standard InChI is InChI=1S/C104H70N4/c1-5-29-71(30-6-1)78-37-26-46-84(62-78)105(81-40-7-2-8-41-81)101-67-97-90-50-18-22-54-94(90)102(68-98(97)89-49-17-21-53-93(89)101)106(82-42-9-3-10-43-82)85-47-27-38-79(65-85)74-35-25-36-75(61-74)80-39-28-48-86(66-80)108(88-60-58-73-32-14-16-34-77(73)64-88)104-70-100-91-51-19-23-55-95(91)103(69-99(100)92-52-20-24-56-96(92)104)107(83-44-11-4-12-45-83)87-59-57-72-31-13-15-33-76(72)63-87/h1-70H. The number of benzene rings is 20. The van der Waals surface area contributed by atoms with Crippen molar-refractivity contribution >= 4 is 154 Å². The molecule has 108 heavy (non-hydrogen) atoms. The maximum atomic E-state index is 2.49. The van der Waals surface area contributed by atoms with Gasteiger partial charge in [-0.25, -0.2) is 0 Å². The van der Waals surface area contributed by atoms with E-state index in [1.807, 2.05) is 0 Å². The molecule has 0 aromatic heterocycles. The lowest BCUT2D eigenvalue weighted by atomic mass is 9.93. The van der Waals surface area contributed by atoms with Crippen LogP contribution < -0.4 is 19.6 Å². The van der Waals surface area contributed by atoms with E-state index in [4.69, 9.17) is 0 Å². The fourth-order valence-corrected chi connectivity index (χ4v) is 16.6. The molecule has 0 fully saturated rings. The molecule has 0 aliphatic rings. The molecule has 4 nitrogen and oxygen atoms in total. The molecule has 0 bridgehead atoms. The Kier molecular flexibility index (Phi) is 15.9. The van der Waals surface area contributed by atoms with Crippen molar-refractivity contribution in [1.82, 2.24) is 0 Å². The number of para-hydroxylation sites is 3. The topological polar surface area (TPSA) is 13.0 Å². The van der Waals surface area contributed by atoms with Crippen LogP contribution in [0.1, 0.15) is 0 Å². The van der Waals surface area contributed by atoms with Crippen molar-refractivity contribution in [3.63, 3.8) is 0 Å². The minimum Gasteiger partial charge on any atom is -0.310 e. The second-order valence-electron chi connectivity index (χ2n) is 28.0. The maximum Gasteiger partial charge on any atom is 0.0546 e. The summed E-state index contributed by atoms with van der Waals surface area (Å²) < 4.78 is 0. The molecule has 20 aromatic carbocycles. The van der Waals surface area contributed by atoms with Crippen molar-refractivity contribution in [2.45, 2.75) is 0 Å². The van der Waals surface area contributed by atoms with Crippen LogP contribution in [0, 0.1) is 0 Å². The van der Waals surface area contributed by atoms with E-state index < -0.39 is 0 Å². The van der Waals surface area contributed by atoms with E-state index in [0.29, 0.717) is 0 Å². The van der Waals surface area contributed by atoms with Crippen molar-refractivity contribution < 1.29 is 0 Å². The fraction of sp³-hybridized carbons (Fsp3) is 0. The zero-order chi connectivity index (χ0) is 71.4. The summed E-state index contributed by atoms with van der Waals surface area (Å²) in [5.41, 5.74) is 19.9. The third kappa shape index (κ3) is 11.4. The van der Waals surface area contributed by atoms with Crippen LogP contribution in [0.5, 0.6) is 0 Å². The molecule has 0 N–H and O–H groups in total. The zero-order valence-corrected chi connectivity index (χ0v) is 59.2. The molecule has 0 heterocycles. The highest BCUT2D eigenvalue weighted by molar-refractivity contribution is 6.26. The van der Waals surface area contributed by atoms with Gasteiger partial charge >= 0.3 is 0 Å². The predicted octanol–water partition coefficient (Wildman–Crippen LogP) is 29.8. The molecule has 4 heteroatoms. The second-order valence-corrected chi connectivity index (χ2v) is 28.0. The molecule has 20 rings (SSSR count). The van der Waals surface area contributed by atoms with Gasteiger partial charge in [-0.15, -0.1) is 0 Å². The zero-order valence-electron chi connectivity index (χ0n) is 59.2. The molecule has 0 spiro atoms. The fourth-order valence-electron chi connectivity index (χ4n) is 16.6. The Morgan fingerprint density at radius 1 is 0.111 bits per heavy atom. The van der Waals surface area contributed by atoms with E-state index in [0.717, 1.165) is 107 Å². The van der Waals surface area contributed by atoms with E-state index in [9.17, 15) is 0 Å². The number of fused-ring (bicyclic) bond motifs is 12. The lowest BCUT2D eigenvalue weighted by molar-refractivity contribution is 1.30. The number of hydrogen-bond acceptors (Lipinski definition) is 4. The van der Waals surface area contributed by atoms with E-state index >= 15 is 0 Å². The Hall–Kier alpha value is -14.3. The average Bonchev–Trinajstić information content (AvgIpc) is 0.727. The van der Waals surface area contributed by atoms with Crippen molar-refractivity contribution in [3.05, 3.63) is 425 Å². The third-order valence-electron chi connectivity index (χ3n) is 21.6. The number of rotatable bonds is 15. The van der Waals surface area contributed by atoms with Crippen LogP contribution in [0.2, 0.25) is 0 Å². The molecule has 0 aliphatic heterocycles. The van der Waals surface area contributed by atoms with Crippen molar-refractivity contribution in [2.75, 3.05) is 19.6 Å². The highest BCUT2D eigenvalue weighted by atomic mass is 15.2. The summed E-state index contributed by atoms with van der Waals surface area (Å²) in [5, 5.41) is 18.9. The Morgan fingerprint density at radius 2 is 0.333 bits per heavy atom. The summed E-state index contributed by atoms with van der Waals surface area (Å²) >= 11 is 0. The molecule has 506 valence electrons. The van der Waals surface area contributed by atoms with E-state index in [1.54, 1.807) is 0 Å². The molecular formula is C104H70N4. The van der Waals surface area contributed by atoms with Gasteiger partial charge in [0.25, 0.3) is 0 Å². The van der Waals surface area contributed by atoms with Gasteiger partial charge in [0.1, 0.15) is 0 Å². The first kappa shape index (κ1) is 63.4. The first-order chi connectivity index (χ1) is 53.6. The van der Waals surface area contributed by atoms with Crippen LogP contribution in [0.15, 0.2) is 425 Å². The molecule has 0 unspecified atom stereocenters. The van der Waals surface area contributed by atoms with Crippen LogP contribution >= 0.6 is 0 Å². The molecule has 20 aromatic rings. The summed E-state index contributed by atoms with van der Waals surface area (Å²) in [7, 11) is 0. The summed E-state index contributed by atoms with van der Waals surface area (Å²) in [4.78, 5) is 9.81. The van der Waals surface area contributed by atoms with Crippen LogP contribution in [0.3, 0.4) is 0 Å². The summed E-state index contributed by atoms with van der Waals surface area (Å²) in [6.45, 7) is 0. The van der Waals surface area contributed by atoms with Gasteiger partial charge in [0.15, 0.2) is 0 Å². The number of nitrogens with zero attached hydrogens (tertiary/aromatic N) is 4. The van der Waals surface area contributed by atoms with E-state index in [2.05, 4.69) is 444 Å². The van der Waals surface area contributed by atoms with Gasteiger partial charge in [-0.3, -0.25) is 0 Å². The summed E-state index contributed by atoms with van der Waals surface area (Å²) in [5.74, 6) is 0. The van der Waals surface area contributed by atoms with Crippen LogP contribution in [0.4, 0.5) is 68.2 Å². The van der Waals surface area contributed by atoms with E-state index in [-0.39, 0.29) is 0 Å². The van der Waals surface area contributed by atoms with Gasteiger partial charge in [0.2, 0.25) is 0 Å². The maximum absolute atomic E-state index is 2.49. The Balaban J connectivity index is 0.709. The first-order valence-corrected chi connectivity index (χ1v) is 37.1. The summed E-state index contributed by atoms with van der Waals surface area (Å²) in [6.07, 6.45) is 0. The Labute approximate surface area is 628 Å². The van der Waals surface area contributed by atoms with Gasteiger partial charge in [-0.05, 0) is 225 Å². The van der Waals surface area contributed by atoms with Crippen LogP contribution in [-0.4, -0.2) is 0 Å². The second kappa shape index (κ2) is 27.1. The number of anilines is 12. The smallest absolute Gasteiger partial charge is 0.0546 e. The molecule has 0 radical (unpaired) electrons. The molecule has 0 atom stereocenters. The molecular weight excluding hydrogens is 1310 g/mol. The molecule has 0 aliphatic carbocycles. The minimum absolute atomic E-state index is 1.06. The Morgan fingerprint density at radius 3 is 0.667 bits per heavy atom. The Bertz CT molecular complexity index is 6840. The summed E-state index contributed by atoms with van der Waals surface area (Å²) in [6, 6.07) is 156.